The van der Waals surface area contributed by atoms with Gasteiger partial charge in [0.05, 0.1) is 21.6 Å². The van der Waals surface area contributed by atoms with Crippen molar-refractivity contribution in [2.45, 2.75) is 12.2 Å². The normalized spacial score (nSPS) is 15.4. The Morgan fingerprint density at radius 2 is 1.95 bits per heavy atom. The molecule has 1 aliphatic rings. The van der Waals surface area contributed by atoms with Crippen LogP contribution < -0.4 is 10.2 Å². The topological polar surface area (TPSA) is 70.5 Å². The van der Waals surface area contributed by atoms with Gasteiger partial charge in [-0.1, -0.05) is 47.5 Å². The highest BCUT2D eigenvalue weighted by Gasteiger charge is 2.38. The molecule has 1 atom stereocenters. The number of thiophene rings is 1. The second-order valence-corrected chi connectivity index (χ2v) is 12.2. The first-order valence-electron chi connectivity index (χ1n) is 12.6. The van der Waals surface area contributed by atoms with E-state index in [0.717, 1.165) is 32.9 Å². The maximum atomic E-state index is 13.7. The number of halogens is 1. The Morgan fingerprint density at radius 3 is 2.64 bits per heavy atom. The van der Waals surface area contributed by atoms with E-state index in [0.29, 0.717) is 23.9 Å². The van der Waals surface area contributed by atoms with Crippen molar-refractivity contribution in [3.05, 3.63) is 87.8 Å². The maximum absolute atomic E-state index is 13.7. The molecule has 0 aliphatic carbocycles. The van der Waals surface area contributed by atoms with E-state index in [1.54, 1.807) is 16.2 Å². The minimum absolute atomic E-state index is 0.0937. The fourth-order valence-electron chi connectivity index (χ4n) is 4.53. The standard InChI is InChI=1S/C29H30ClN5O2S2/c1-19-9-11-22(12-10-19)35-29-26(27(32-35)23-8-5-15-38-23)28(20-6-4-7-21(30)16-20)39-18-25(37)34(29)17-24(36)31-13-14-33(2)3/h4-12,15-16,28H,13-14,17-18H2,1-3H3,(H,31,36). The lowest BCUT2D eigenvalue weighted by Gasteiger charge is -2.23. The lowest BCUT2D eigenvalue weighted by molar-refractivity contribution is -0.122. The van der Waals surface area contributed by atoms with E-state index in [2.05, 4.69) is 5.32 Å². The van der Waals surface area contributed by atoms with Gasteiger partial charge in [0.15, 0.2) is 0 Å². The summed E-state index contributed by atoms with van der Waals surface area (Å²) in [5, 5.41) is 10.5. The van der Waals surface area contributed by atoms with Gasteiger partial charge in [0.1, 0.15) is 18.1 Å². The quantitative estimate of drug-likeness (QED) is 0.302. The minimum atomic E-state index is -0.211. The van der Waals surface area contributed by atoms with Crippen molar-refractivity contribution in [1.82, 2.24) is 20.0 Å². The molecule has 10 heteroatoms. The number of likely N-dealkylation sites (N-methyl/N-ethyl adjacent to an activating group) is 1. The SMILES string of the molecule is Cc1ccc(-n2nc(-c3cccs3)c3c2N(CC(=O)NCCN(C)C)C(=O)CSC3c2cccc(Cl)c2)cc1. The number of benzene rings is 2. The van der Waals surface area contributed by atoms with E-state index >= 15 is 0 Å². The number of carbonyl (C=O) groups excluding carboxylic acids is 2. The number of fused-ring (bicyclic) bond motifs is 1. The van der Waals surface area contributed by atoms with Crippen LogP contribution in [0.25, 0.3) is 16.3 Å². The molecule has 2 amide bonds. The number of carbonyl (C=O) groups is 2. The second-order valence-electron chi connectivity index (χ2n) is 9.69. The van der Waals surface area contributed by atoms with Gasteiger partial charge in [0.25, 0.3) is 0 Å². The van der Waals surface area contributed by atoms with Crippen molar-refractivity contribution in [2.24, 2.45) is 0 Å². The number of nitrogens with one attached hydrogen (secondary N) is 1. The molecule has 0 spiro atoms. The molecule has 2 aromatic carbocycles. The lowest BCUT2D eigenvalue weighted by Crippen LogP contribution is -2.43. The van der Waals surface area contributed by atoms with Crippen LogP contribution in [-0.2, 0) is 9.59 Å². The van der Waals surface area contributed by atoms with Crippen molar-refractivity contribution < 1.29 is 9.59 Å². The zero-order valence-corrected chi connectivity index (χ0v) is 24.4. The Balaban J connectivity index is 1.70. The van der Waals surface area contributed by atoms with Crippen LogP contribution in [-0.4, -0.2) is 66.0 Å². The Labute approximate surface area is 241 Å². The van der Waals surface area contributed by atoms with E-state index in [9.17, 15) is 9.59 Å². The first-order valence-corrected chi connectivity index (χ1v) is 14.9. The zero-order chi connectivity index (χ0) is 27.5. The first-order chi connectivity index (χ1) is 18.8. The molecular formula is C29H30ClN5O2S2. The highest BCUT2D eigenvalue weighted by Crippen LogP contribution is 2.49. The van der Waals surface area contributed by atoms with Gasteiger partial charge in [0.2, 0.25) is 11.8 Å². The number of hydrogen-bond donors (Lipinski definition) is 1. The van der Waals surface area contributed by atoms with Crippen molar-refractivity contribution in [1.29, 1.82) is 0 Å². The molecule has 1 N–H and O–H groups in total. The number of aromatic nitrogens is 2. The Morgan fingerprint density at radius 1 is 1.15 bits per heavy atom. The molecule has 4 aromatic rings. The summed E-state index contributed by atoms with van der Waals surface area (Å²) in [5.74, 6) is 0.482. The molecule has 1 aliphatic heterocycles. The molecule has 5 rings (SSSR count). The summed E-state index contributed by atoms with van der Waals surface area (Å²) in [5.41, 5.74) is 4.63. The molecule has 7 nitrogen and oxygen atoms in total. The maximum Gasteiger partial charge on any atom is 0.240 e. The van der Waals surface area contributed by atoms with Crippen molar-refractivity contribution in [2.75, 3.05) is 44.4 Å². The van der Waals surface area contributed by atoms with Crippen LogP contribution in [0.5, 0.6) is 0 Å². The highest BCUT2D eigenvalue weighted by molar-refractivity contribution is 8.00. The van der Waals surface area contributed by atoms with E-state index in [4.69, 9.17) is 16.7 Å². The predicted octanol–water partition coefficient (Wildman–Crippen LogP) is 5.41. The Bertz CT molecular complexity index is 1470. The zero-order valence-electron chi connectivity index (χ0n) is 22.1. The summed E-state index contributed by atoms with van der Waals surface area (Å²) in [6, 6.07) is 19.8. The molecule has 0 saturated carbocycles. The van der Waals surface area contributed by atoms with E-state index in [1.807, 2.05) is 96.6 Å². The highest BCUT2D eigenvalue weighted by atomic mass is 35.5. The van der Waals surface area contributed by atoms with Crippen LogP contribution >= 0.6 is 34.7 Å². The monoisotopic (exact) mass is 579 g/mol. The molecular weight excluding hydrogens is 550 g/mol. The van der Waals surface area contributed by atoms with Crippen LogP contribution in [0.1, 0.15) is 21.9 Å². The summed E-state index contributed by atoms with van der Waals surface area (Å²) in [6.07, 6.45) is 0. The summed E-state index contributed by atoms with van der Waals surface area (Å²) < 4.78 is 1.82. The van der Waals surface area contributed by atoms with E-state index < -0.39 is 0 Å². The number of aryl methyl sites for hydroxylation is 1. The molecule has 39 heavy (non-hydrogen) atoms. The minimum Gasteiger partial charge on any atom is -0.353 e. The summed E-state index contributed by atoms with van der Waals surface area (Å²) >= 11 is 9.56. The molecule has 2 aromatic heterocycles. The molecule has 3 heterocycles. The molecule has 0 bridgehead atoms. The van der Waals surface area contributed by atoms with E-state index in [-0.39, 0.29) is 29.4 Å². The number of hydrogen-bond acceptors (Lipinski definition) is 6. The van der Waals surface area contributed by atoms with Gasteiger partial charge in [-0.3, -0.25) is 14.5 Å². The third-order valence-electron chi connectivity index (χ3n) is 6.46. The Hall–Kier alpha value is -3.11. The summed E-state index contributed by atoms with van der Waals surface area (Å²) in [6.45, 7) is 3.15. The Kier molecular flexibility index (Phi) is 8.42. The smallest absolute Gasteiger partial charge is 0.240 e. The molecule has 0 radical (unpaired) electrons. The number of anilines is 1. The van der Waals surface area contributed by atoms with E-state index in [1.165, 1.54) is 11.8 Å². The van der Waals surface area contributed by atoms with Gasteiger partial charge < -0.3 is 10.2 Å². The van der Waals surface area contributed by atoms with Crippen LogP contribution in [0.4, 0.5) is 5.82 Å². The van der Waals surface area contributed by atoms with Gasteiger partial charge in [-0.15, -0.1) is 23.1 Å². The third kappa shape index (κ3) is 6.06. The van der Waals surface area contributed by atoms with Crippen molar-refractivity contribution in [3.63, 3.8) is 0 Å². The predicted molar refractivity (Wildman–Crippen MR) is 161 cm³/mol. The van der Waals surface area contributed by atoms with Crippen molar-refractivity contribution in [3.8, 4) is 16.3 Å². The van der Waals surface area contributed by atoms with Crippen LogP contribution in [0.3, 0.4) is 0 Å². The number of thioether (sulfide) groups is 1. The fraction of sp³-hybridized carbons (Fsp3) is 0.276. The first kappa shape index (κ1) is 27.5. The molecule has 202 valence electrons. The average molecular weight is 580 g/mol. The average Bonchev–Trinajstić information content (AvgIpc) is 3.54. The second kappa shape index (κ2) is 12.0. The third-order valence-corrected chi connectivity index (χ3v) is 8.82. The van der Waals surface area contributed by atoms with Gasteiger partial charge >= 0.3 is 0 Å². The van der Waals surface area contributed by atoms with Crippen LogP contribution in [0.2, 0.25) is 5.02 Å². The molecule has 1 unspecified atom stereocenters. The summed E-state index contributed by atoms with van der Waals surface area (Å²) in [7, 11) is 3.91. The largest absolute Gasteiger partial charge is 0.353 e. The molecule has 0 saturated heterocycles. The lowest BCUT2D eigenvalue weighted by atomic mass is 10.0. The van der Waals surface area contributed by atoms with Crippen LogP contribution in [0.15, 0.2) is 66.0 Å². The summed E-state index contributed by atoms with van der Waals surface area (Å²) in [4.78, 5) is 31.4. The van der Waals surface area contributed by atoms with Gasteiger partial charge in [-0.2, -0.15) is 5.10 Å². The number of rotatable bonds is 8. The molecule has 0 fully saturated rings. The van der Waals surface area contributed by atoms with Crippen molar-refractivity contribution >= 4 is 52.3 Å². The van der Waals surface area contributed by atoms with Gasteiger partial charge in [-0.25, -0.2) is 4.68 Å². The fourth-order valence-corrected chi connectivity index (χ4v) is 6.64. The van der Waals surface area contributed by atoms with Crippen LogP contribution in [0, 0.1) is 6.92 Å². The van der Waals surface area contributed by atoms with Gasteiger partial charge in [-0.05, 0) is 62.3 Å². The number of nitrogens with zero attached hydrogens (tertiary/aromatic N) is 4. The number of amides is 2. The van der Waals surface area contributed by atoms with Gasteiger partial charge in [0, 0.05) is 23.7 Å².